The molecular formula is C18H22N2O2. The Morgan fingerprint density at radius 1 is 1.18 bits per heavy atom. The molecule has 1 aromatic carbocycles. The first-order valence-electron chi connectivity index (χ1n) is 8.22. The topological polar surface area (TPSA) is 36.7 Å². The maximum absolute atomic E-state index is 11.9. The smallest absolute Gasteiger partial charge is 0.336 e. The van der Waals surface area contributed by atoms with Crippen LogP contribution in [0.3, 0.4) is 0 Å². The minimum absolute atomic E-state index is 0.244. The van der Waals surface area contributed by atoms with Gasteiger partial charge in [-0.25, -0.2) is 4.79 Å². The van der Waals surface area contributed by atoms with Crippen LogP contribution in [0.2, 0.25) is 0 Å². The van der Waals surface area contributed by atoms with Crippen molar-refractivity contribution in [1.29, 1.82) is 0 Å². The van der Waals surface area contributed by atoms with E-state index in [1.165, 1.54) is 37.9 Å². The molecule has 4 heteroatoms. The van der Waals surface area contributed by atoms with Crippen LogP contribution in [0.5, 0.6) is 0 Å². The summed E-state index contributed by atoms with van der Waals surface area (Å²) in [7, 11) is 0. The largest absolute Gasteiger partial charge is 0.423 e. The Labute approximate surface area is 130 Å². The lowest BCUT2D eigenvalue weighted by atomic mass is 10.1. The molecule has 2 fully saturated rings. The Bertz CT molecular complexity index is 752. The van der Waals surface area contributed by atoms with Crippen molar-refractivity contribution < 1.29 is 4.42 Å². The highest BCUT2D eigenvalue weighted by Gasteiger charge is 2.32. The van der Waals surface area contributed by atoms with Crippen molar-refractivity contribution in [2.75, 3.05) is 19.6 Å². The molecule has 1 atom stereocenters. The van der Waals surface area contributed by atoms with Crippen LogP contribution in [0.4, 0.5) is 0 Å². The minimum atomic E-state index is -0.244. The van der Waals surface area contributed by atoms with Gasteiger partial charge in [0.05, 0.1) is 6.17 Å². The quantitative estimate of drug-likeness (QED) is 0.799. The molecule has 0 N–H and O–H groups in total. The maximum atomic E-state index is 11.9. The van der Waals surface area contributed by atoms with Gasteiger partial charge in [-0.1, -0.05) is 11.6 Å². The molecule has 0 amide bonds. The molecule has 0 aliphatic carbocycles. The van der Waals surface area contributed by atoms with E-state index in [4.69, 9.17) is 4.42 Å². The van der Waals surface area contributed by atoms with Crippen molar-refractivity contribution in [2.45, 2.75) is 38.9 Å². The zero-order valence-corrected chi connectivity index (χ0v) is 13.0. The number of rotatable bonds is 2. The maximum Gasteiger partial charge on any atom is 0.336 e. The van der Waals surface area contributed by atoms with Crippen LogP contribution in [0.1, 0.15) is 30.4 Å². The Morgan fingerprint density at radius 2 is 2.05 bits per heavy atom. The molecule has 2 aromatic rings. The van der Waals surface area contributed by atoms with Gasteiger partial charge in [0, 0.05) is 31.1 Å². The zero-order valence-electron chi connectivity index (χ0n) is 13.0. The molecule has 3 heterocycles. The standard InChI is InChI=1S/C18H22N2O2/c1-13-5-6-16-15(10-13)14(11-18(21)22-16)12-20-9-3-8-19-7-2-4-17(19)20/h5-6,10-11,17H,2-4,7-9,12H2,1H3. The monoisotopic (exact) mass is 298 g/mol. The van der Waals surface area contributed by atoms with Crippen molar-refractivity contribution in [1.82, 2.24) is 9.80 Å². The Kier molecular flexibility index (Phi) is 3.51. The van der Waals surface area contributed by atoms with Crippen molar-refractivity contribution in [3.63, 3.8) is 0 Å². The van der Waals surface area contributed by atoms with Gasteiger partial charge in [-0.05, 0) is 50.4 Å². The summed E-state index contributed by atoms with van der Waals surface area (Å²) in [6.45, 7) is 6.48. The summed E-state index contributed by atoms with van der Waals surface area (Å²) in [5.74, 6) is 0. The molecule has 2 aliphatic rings. The van der Waals surface area contributed by atoms with E-state index >= 15 is 0 Å². The fraction of sp³-hybridized carbons (Fsp3) is 0.500. The van der Waals surface area contributed by atoms with Crippen LogP contribution >= 0.6 is 0 Å². The van der Waals surface area contributed by atoms with Crippen LogP contribution in [-0.2, 0) is 6.54 Å². The van der Waals surface area contributed by atoms with Gasteiger partial charge in [0.2, 0.25) is 0 Å². The average Bonchev–Trinajstić information content (AvgIpc) is 2.97. The second kappa shape index (κ2) is 5.52. The lowest BCUT2D eigenvalue weighted by Gasteiger charge is -2.40. The first-order valence-corrected chi connectivity index (χ1v) is 8.22. The van der Waals surface area contributed by atoms with Crippen molar-refractivity contribution in [2.24, 2.45) is 0 Å². The van der Waals surface area contributed by atoms with E-state index in [0.717, 1.165) is 24.0 Å². The van der Waals surface area contributed by atoms with E-state index < -0.39 is 0 Å². The second-order valence-corrected chi connectivity index (χ2v) is 6.57. The molecule has 116 valence electrons. The van der Waals surface area contributed by atoms with Crippen molar-refractivity contribution in [3.8, 4) is 0 Å². The van der Waals surface area contributed by atoms with Crippen LogP contribution < -0.4 is 5.63 Å². The number of hydrogen-bond donors (Lipinski definition) is 0. The van der Waals surface area contributed by atoms with Gasteiger partial charge in [0.25, 0.3) is 0 Å². The van der Waals surface area contributed by atoms with E-state index in [-0.39, 0.29) is 5.63 Å². The first-order chi connectivity index (χ1) is 10.7. The Morgan fingerprint density at radius 3 is 2.95 bits per heavy atom. The van der Waals surface area contributed by atoms with E-state index in [1.807, 2.05) is 12.1 Å². The van der Waals surface area contributed by atoms with Gasteiger partial charge in [-0.2, -0.15) is 0 Å². The zero-order chi connectivity index (χ0) is 15.1. The first kappa shape index (κ1) is 14.0. The summed E-state index contributed by atoms with van der Waals surface area (Å²) >= 11 is 0. The fourth-order valence-electron chi connectivity index (χ4n) is 3.98. The molecule has 0 radical (unpaired) electrons. The third-order valence-corrected chi connectivity index (χ3v) is 5.00. The van der Waals surface area contributed by atoms with Gasteiger partial charge >= 0.3 is 5.63 Å². The molecule has 0 spiro atoms. The molecule has 0 bridgehead atoms. The summed E-state index contributed by atoms with van der Waals surface area (Å²) in [6.07, 6.45) is 4.31. The third-order valence-electron chi connectivity index (χ3n) is 5.00. The lowest BCUT2D eigenvalue weighted by molar-refractivity contribution is 0.0289. The predicted molar refractivity (Wildman–Crippen MR) is 86.8 cm³/mol. The highest BCUT2D eigenvalue weighted by molar-refractivity contribution is 5.80. The molecule has 2 saturated heterocycles. The highest BCUT2D eigenvalue weighted by atomic mass is 16.4. The fourth-order valence-corrected chi connectivity index (χ4v) is 3.98. The van der Waals surface area contributed by atoms with E-state index in [2.05, 4.69) is 22.8 Å². The molecule has 4 rings (SSSR count). The molecular weight excluding hydrogens is 276 g/mol. The summed E-state index contributed by atoms with van der Waals surface area (Å²) in [4.78, 5) is 17.0. The van der Waals surface area contributed by atoms with Gasteiger partial charge in [-0.15, -0.1) is 0 Å². The Balaban J connectivity index is 1.71. The van der Waals surface area contributed by atoms with E-state index in [9.17, 15) is 4.79 Å². The molecule has 1 unspecified atom stereocenters. The number of fused-ring (bicyclic) bond motifs is 2. The van der Waals surface area contributed by atoms with Gasteiger partial charge < -0.3 is 4.42 Å². The Hall–Kier alpha value is -1.65. The van der Waals surface area contributed by atoms with Crippen LogP contribution in [0, 0.1) is 6.92 Å². The minimum Gasteiger partial charge on any atom is -0.423 e. The van der Waals surface area contributed by atoms with Crippen molar-refractivity contribution >= 4 is 11.0 Å². The molecule has 1 aromatic heterocycles. The number of nitrogens with zero attached hydrogens (tertiary/aromatic N) is 2. The summed E-state index contributed by atoms with van der Waals surface area (Å²) in [5, 5.41) is 1.08. The van der Waals surface area contributed by atoms with Crippen LogP contribution in [0.15, 0.2) is 33.5 Å². The van der Waals surface area contributed by atoms with Crippen LogP contribution in [0.25, 0.3) is 11.0 Å². The third kappa shape index (κ3) is 2.46. The summed E-state index contributed by atoms with van der Waals surface area (Å²) in [5.41, 5.74) is 2.76. The van der Waals surface area contributed by atoms with E-state index in [1.54, 1.807) is 6.07 Å². The molecule has 22 heavy (non-hydrogen) atoms. The summed E-state index contributed by atoms with van der Waals surface area (Å²) in [6, 6.07) is 7.71. The average molecular weight is 298 g/mol. The van der Waals surface area contributed by atoms with Crippen LogP contribution in [-0.4, -0.2) is 35.6 Å². The highest BCUT2D eigenvalue weighted by Crippen LogP contribution is 2.28. The molecule has 2 aliphatic heterocycles. The normalized spacial score (nSPS) is 23.0. The number of benzene rings is 1. The summed E-state index contributed by atoms with van der Waals surface area (Å²) < 4.78 is 5.35. The van der Waals surface area contributed by atoms with Crippen molar-refractivity contribution in [3.05, 3.63) is 45.8 Å². The molecule has 4 nitrogen and oxygen atoms in total. The molecule has 0 saturated carbocycles. The van der Waals surface area contributed by atoms with E-state index in [0.29, 0.717) is 11.7 Å². The van der Waals surface area contributed by atoms with Gasteiger partial charge in [-0.3, -0.25) is 9.80 Å². The number of hydrogen-bond acceptors (Lipinski definition) is 4. The second-order valence-electron chi connectivity index (χ2n) is 6.57. The lowest BCUT2D eigenvalue weighted by Crippen LogP contribution is -2.49. The van der Waals surface area contributed by atoms with Gasteiger partial charge in [0.15, 0.2) is 0 Å². The number of aryl methyl sites for hydroxylation is 1. The SMILES string of the molecule is Cc1ccc2oc(=O)cc(CN3CCCN4CCCC43)c2c1. The predicted octanol–water partition coefficient (Wildman–Crippen LogP) is 2.73. The van der Waals surface area contributed by atoms with Gasteiger partial charge in [0.1, 0.15) is 5.58 Å².